The molecule has 5 nitrogen and oxygen atoms in total. The van der Waals surface area contributed by atoms with Gasteiger partial charge in [0.25, 0.3) is 0 Å². The highest BCUT2D eigenvalue weighted by atomic mass is 16.5. The van der Waals surface area contributed by atoms with Crippen molar-refractivity contribution >= 4 is 11.6 Å². The lowest BCUT2D eigenvalue weighted by Crippen LogP contribution is -2.26. The fourth-order valence-corrected chi connectivity index (χ4v) is 2.05. The summed E-state index contributed by atoms with van der Waals surface area (Å²) in [5.41, 5.74) is 1.05. The van der Waals surface area contributed by atoms with Crippen LogP contribution in [-0.2, 0) is 11.2 Å². The smallest absolute Gasteiger partial charge is 0.135 e. The molecule has 0 amide bonds. The summed E-state index contributed by atoms with van der Waals surface area (Å²) in [4.78, 5) is 9.06. The average Bonchev–Trinajstić information content (AvgIpc) is 2.41. The lowest BCUT2D eigenvalue weighted by atomic mass is 10.1. The Morgan fingerprint density at radius 3 is 2.42 bits per heavy atom. The third-order valence-corrected chi connectivity index (χ3v) is 3.09. The zero-order valence-corrected chi connectivity index (χ0v) is 12.7. The third kappa shape index (κ3) is 4.35. The van der Waals surface area contributed by atoms with Crippen molar-refractivity contribution in [3.63, 3.8) is 0 Å². The van der Waals surface area contributed by atoms with Gasteiger partial charge in [0.1, 0.15) is 17.5 Å². The molecule has 0 radical (unpaired) electrons. The predicted molar refractivity (Wildman–Crippen MR) is 79.9 cm³/mol. The van der Waals surface area contributed by atoms with Gasteiger partial charge in [-0.1, -0.05) is 20.3 Å². The number of hydrogen-bond donors (Lipinski definition) is 2. The van der Waals surface area contributed by atoms with Crippen LogP contribution in [0.2, 0.25) is 0 Å². The molecule has 0 bridgehead atoms. The molecule has 5 heteroatoms. The summed E-state index contributed by atoms with van der Waals surface area (Å²) in [5, 5.41) is 6.61. The van der Waals surface area contributed by atoms with Crippen LogP contribution < -0.4 is 10.6 Å². The molecule has 0 saturated carbocycles. The van der Waals surface area contributed by atoms with Gasteiger partial charge in [-0.3, -0.25) is 0 Å². The summed E-state index contributed by atoms with van der Waals surface area (Å²) in [5.74, 6) is 2.65. The van der Waals surface area contributed by atoms with Crippen LogP contribution in [0.1, 0.15) is 38.1 Å². The zero-order valence-electron chi connectivity index (χ0n) is 12.7. The number of hydrogen-bond acceptors (Lipinski definition) is 5. The van der Waals surface area contributed by atoms with Crippen LogP contribution in [0.15, 0.2) is 0 Å². The van der Waals surface area contributed by atoms with Crippen LogP contribution in [0.3, 0.4) is 0 Å². The van der Waals surface area contributed by atoms with Gasteiger partial charge in [-0.15, -0.1) is 0 Å². The van der Waals surface area contributed by atoms with E-state index in [2.05, 4.69) is 34.4 Å². The highest BCUT2D eigenvalue weighted by Gasteiger charge is 2.13. The molecule has 1 aromatic heterocycles. The Labute approximate surface area is 116 Å². The number of aromatic nitrogens is 2. The molecule has 1 rings (SSSR count). The van der Waals surface area contributed by atoms with E-state index >= 15 is 0 Å². The van der Waals surface area contributed by atoms with Crippen LogP contribution in [0, 0.1) is 6.92 Å². The average molecular weight is 266 g/mol. The van der Waals surface area contributed by atoms with Crippen LogP contribution in [0.25, 0.3) is 0 Å². The standard InChI is InChI=1S/C14H26N4O/c1-6-8-11(9-19-5)16-14-10(3)13(15-4)17-12(7-2)18-14/h11H,6-9H2,1-5H3,(H2,15,16,17,18). The number of methoxy groups -OCH3 is 1. The first-order valence-electron chi connectivity index (χ1n) is 6.96. The second-order valence-electron chi connectivity index (χ2n) is 4.65. The van der Waals surface area contributed by atoms with Crippen molar-refractivity contribution in [3.8, 4) is 0 Å². The second kappa shape index (κ2) is 7.94. The van der Waals surface area contributed by atoms with Crippen molar-refractivity contribution in [1.29, 1.82) is 0 Å². The molecule has 108 valence electrons. The maximum Gasteiger partial charge on any atom is 0.135 e. The van der Waals surface area contributed by atoms with E-state index in [0.717, 1.165) is 42.3 Å². The van der Waals surface area contributed by atoms with E-state index in [1.807, 2.05) is 14.0 Å². The number of nitrogens with zero attached hydrogens (tertiary/aromatic N) is 2. The Balaban J connectivity index is 2.96. The molecule has 0 aliphatic heterocycles. The quantitative estimate of drug-likeness (QED) is 0.757. The Morgan fingerprint density at radius 2 is 1.89 bits per heavy atom. The number of nitrogens with one attached hydrogen (secondary N) is 2. The Morgan fingerprint density at radius 1 is 1.21 bits per heavy atom. The number of rotatable bonds is 8. The Hall–Kier alpha value is -1.36. The Kier molecular flexibility index (Phi) is 6.56. The second-order valence-corrected chi connectivity index (χ2v) is 4.65. The first-order valence-corrected chi connectivity index (χ1v) is 6.96. The van der Waals surface area contributed by atoms with E-state index in [9.17, 15) is 0 Å². The largest absolute Gasteiger partial charge is 0.383 e. The fourth-order valence-electron chi connectivity index (χ4n) is 2.05. The van der Waals surface area contributed by atoms with E-state index in [4.69, 9.17) is 4.74 Å². The number of anilines is 2. The van der Waals surface area contributed by atoms with Crippen LogP contribution in [0.4, 0.5) is 11.6 Å². The number of aryl methyl sites for hydroxylation is 1. The van der Waals surface area contributed by atoms with Gasteiger partial charge in [0, 0.05) is 26.1 Å². The molecule has 0 spiro atoms. The molecule has 0 aliphatic carbocycles. The van der Waals surface area contributed by atoms with Gasteiger partial charge in [-0.25, -0.2) is 9.97 Å². The van der Waals surface area contributed by atoms with Gasteiger partial charge in [-0.05, 0) is 13.3 Å². The molecule has 1 heterocycles. The van der Waals surface area contributed by atoms with Gasteiger partial charge in [0.2, 0.25) is 0 Å². The van der Waals surface area contributed by atoms with Crippen LogP contribution in [0.5, 0.6) is 0 Å². The van der Waals surface area contributed by atoms with Crippen molar-refractivity contribution in [1.82, 2.24) is 9.97 Å². The molecular weight excluding hydrogens is 240 g/mol. The maximum absolute atomic E-state index is 5.26. The first-order chi connectivity index (χ1) is 9.15. The Bertz CT molecular complexity index is 389. The molecule has 0 saturated heterocycles. The summed E-state index contributed by atoms with van der Waals surface area (Å²) in [6.07, 6.45) is 3.00. The van der Waals surface area contributed by atoms with Gasteiger partial charge < -0.3 is 15.4 Å². The van der Waals surface area contributed by atoms with Crippen molar-refractivity contribution < 1.29 is 4.74 Å². The highest BCUT2D eigenvalue weighted by molar-refractivity contribution is 5.57. The summed E-state index contributed by atoms with van der Waals surface area (Å²) in [6, 6.07) is 0.290. The van der Waals surface area contributed by atoms with Crippen molar-refractivity contribution in [3.05, 3.63) is 11.4 Å². The monoisotopic (exact) mass is 266 g/mol. The molecule has 0 fully saturated rings. The summed E-state index contributed by atoms with van der Waals surface area (Å²) in [6.45, 7) is 6.96. The number of ether oxygens (including phenoxy) is 1. The lowest BCUT2D eigenvalue weighted by molar-refractivity contribution is 0.182. The highest BCUT2D eigenvalue weighted by Crippen LogP contribution is 2.21. The molecule has 2 N–H and O–H groups in total. The van der Waals surface area contributed by atoms with E-state index < -0.39 is 0 Å². The molecule has 1 atom stereocenters. The summed E-state index contributed by atoms with van der Waals surface area (Å²) >= 11 is 0. The maximum atomic E-state index is 5.26. The van der Waals surface area contributed by atoms with Gasteiger partial charge in [-0.2, -0.15) is 0 Å². The topological polar surface area (TPSA) is 59.1 Å². The first kappa shape index (κ1) is 15.7. The lowest BCUT2D eigenvalue weighted by Gasteiger charge is -2.20. The van der Waals surface area contributed by atoms with Crippen molar-refractivity contribution in [2.75, 3.05) is 31.4 Å². The van der Waals surface area contributed by atoms with Gasteiger partial charge in [0.05, 0.1) is 12.6 Å². The minimum Gasteiger partial charge on any atom is -0.383 e. The fraction of sp³-hybridized carbons (Fsp3) is 0.714. The molecule has 19 heavy (non-hydrogen) atoms. The molecule has 0 aliphatic rings. The van der Waals surface area contributed by atoms with E-state index in [1.165, 1.54) is 0 Å². The van der Waals surface area contributed by atoms with Crippen molar-refractivity contribution in [2.24, 2.45) is 0 Å². The van der Waals surface area contributed by atoms with E-state index in [0.29, 0.717) is 6.61 Å². The minimum atomic E-state index is 0.290. The van der Waals surface area contributed by atoms with Crippen LogP contribution in [-0.4, -0.2) is 36.8 Å². The minimum absolute atomic E-state index is 0.290. The molecule has 1 unspecified atom stereocenters. The predicted octanol–water partition coefficient (Wildman–Crippen LogP) is 2.62. The van der Waals surface area contributed by atoms with E-state index in [1.54, 1.807) is 7.11 Å². The third-order valence-electron chi connectivity index (χ3n) is 3.09. The SMILES string of the molecule is CCCC(COC)Nc1nc(CC)nc(NC)c1C. The van der Waals surface area contributed by atoms with Crippen molar-refractivity contribution in [2.45, 2.75) is 46.1 Å². The van der Waals surface area contributed by atoms with Gasteiger partial charge >= 0.3 is 0 Å². The van der Waals surface area contributed by atoms with Gasteiger partial charge in [0.15, 0.2) is 0 Å². The molecular formula is C14H26N4O. The molecule has 1 aromatic rings. The van der Waals surface area contributed by atoms with Crippen LogP contribution >= 0.6 is 0 Å². The molecule has 0 aromatic carbocycles. The zero-order chi connectivity index (χ0) is 14.3. The normalized spacial score (nSPS) is 12.3. The summed E-state index contributed by atoms with van der Waals surface area (Å²) < 4.78 is 5.26. The summed E-state index contributed by atoms with van der Waals surface area (Å²) in [7, 11) is 3.62. The van der Waals surface area contributed by atoms with E-state index in [-0.39, 0.29) is 6.04 Å².